The molecule has 1 fully saturated rings. The Morgan fingerprint density at radius 2 is 2.29 bits per heavy atom. The van der Waals surface area contributed by atoms with Gasteiger partial charge in [-0.25, -0.2) is 4.79 Å². The van der Waals surface area contributed by atoms with Gasteiger partial charge in [-0.2, -0.15) is 0 Å². The SMILES string of the molecule is CC(C)NC(=O)NC1CCCNC1=O. The zero-order chi connectivity index (χ0) is 10.6. The number of nitrogens with one attached hydrogen (secondary N) is 3. The fourth-order valence-corrected chi connectivity index (χ4v) is 1.37. The highest BCUT2D eigenvalue weighted by Gasteiger charge is 2.23. The third-order valence-electron chi connectivity index (χ3n) is 2.01. The van der Waals surface area contributed by atoms with Gasteiger partial charge in [0.05, 0.1) is 0 Å². The van der Waals surface area contributed by atoms with Crippen LogP contribution in [-0.2, 0) is 4.79 Å². The van der Waals surface area contributed by atoms with Gasteiger partial charge < -0.3 is 16.0 Å². The Kier molecular flexibility index (Phi) is 3.73. The predicted octanol–water partition coefficient (Wildman–Crippen LogP) is -0.0274. The first kappa shape index (κ1) is 10.8. The van der Waals surface area contributed by atoms with Crippen molar-refractivity contribution in [3.05, 3.63) is 0 Å². The molecule has 0 saturated carbocycles. The lowest BCUT2D eigenvalue weighted by Gasteiger charge is -2.23. The Bertz CT molecular complexity index is 228. The van der Waals surface area contributed by atoms with E-state index in [1.807, 2.05) is 13.8 Å². The molecule has 0 aromatic rings. The van der Waals surface area contributed by atoms with Crippen molar-refractivity contribution in [3.63, 3.8) is 0 Å². The van der Waals surface area contributed by atoms with Crippen LogP contribution in [0.4, 0.5) is 4.79 Å². The van der Waals surface area contributed by atoms with Crippen molar-refractivity contribution in [2.45, 2.75) is 38.8 Å². The quantitative estimate of drug-likeness (QED) is 0.584. The fourth-order valence-electron chi connectivity index (χ4n) is 1.37. The van der Waals surface area contributed by atoms with E-state index in [9.17, 15) is 9.59 Å². The zero-order valence-electron chi connectivity index (χ0n) is 8.59. The fraction of sp³-hybridized carbons (Fsp3) is 0.778. The molecule has 0 spiro atoms. The Hall–Kier alpha value is -1.26. The third-order valence-corrected chi connectivity index (χ3v) is 2.01. The molecule has 1 unspecified atom stereocenters. The van der Waals surface area contributed by atoms with Gasteiger partial charge >= 0.3 is 6.03 Å². The largest absolute Gasteiger partial charge is 0.354 e. The van der Waals surface area contributed by atoms with Crippen molar-refractivity contribution in [3.8, 4) is 0 Å². The lowest BCUT2D eigenvalue weighted by molar-refractivity contribution is -0.124. The summed E-state index contributed by atoms with van der Waals surface area (Å²) in [5.41, 5.74) is 0. The van der Waals surface area contributed by atoms with Gasteiger partial charge in [-0.05, 0) is 26.7 Å². The summed E-state index contributed by atoms with van der Waals surface area (Å²) in [6.45, 7) is 4.46. The second-order valence-electron chi connectivity index (χ2n) is 3.76. The van der Waals surface area contributed by atoms with Crippen molar-refractivity contribution >= 4 is 11.9 Å². The second-order valence-corrected chi connectivity index (χ2v) is 3.76. The second kappa shape index (κ2) is 4.83. The highest BCUT2D eigenvalue weighted by Crippen LogP contribution is 2.02. The van der Waals surface area contributed by atoms with Crippen LogP contribution in [0.3, 0.4) is 0 Å². The van der Waals surface area contributed by atoms with Gasteiger partial charge in [0, 0.05) is 12.6 Å². The van der Waals surface area contributed by atoms with Crippen LogP contribution in [0.15, 0.2) is 0 Å². The van der Waals surface area contributed by atoms with Gasteiger partial charge in [-0.3, -0.25) is 4.79 Å². The molecule has 0 bridgehead atoms. The maximum atomic E-state index is 11.3. The third kappa shape index (κ3) is 3.24. The van der Waals surface area contributed by atoms with Gasteiger partial charge in [0.25, 0.3) is 0 Å². The summed E-state index contributed by atoms with van der Waals surface area (Å²) in [5.74, 6) is -0.0878. The van der Waals surface area contributed by atoms with Crippen LogP contribution in [0.5, 0.6) is 0 Å². The van der Waals surface area contributed by atoms with E-state index in [0.29, 0.717) is 6.54 Å². The summed E-state index contributed by atoms with van der Waals surface area (Å²) in [6.07, 6.45) is 1.63. The molecule has 3 amide bonds. The van der Waals surface area contributed by atoms with E-state index in [2.05, 4.69) is 16.0 Å². The molecule has 0 aliphatic carbocycles. The predicted molar refractivity (Wildman–Crippen MR) is 52.8 cm³/mol. The number of rotatable bonds is 2. The number of carbonyl (C=O) groups is 2. The van der Waals surface area contributed by atoms with E-state index >= 15 is 0 Å². The summed E-state index contributed by atoms with van der Waals surface area (Å²) < 4.78 is 0. The van der Waals surface area contributed by atoms with Crippen molar-refractivity contribution in [2.24, 2.45) is 0 Å². The number of hydrogen-bond donors (Lipinski definition) is 3. The molecule has 1 saturated heterocycles. The summed E-state index contributed by atoms with van der Waals surface area (Å²) in [7, 11) is 0. The minimum Gasteiger partial charge on any atom is -0.354 e. The molecule has 5 nitrogen and oxygen atoms in total. The van der Waals surface area contributed by atoms with Gasteiger partial charge in [0.15, 0.2) is 0 Å². The normalized spacial score (nSPS) is 21.6. The van der Waals surface area contributed by atoms with Crippen molar-refractivity contribution < 1.29 is 9.59 Å². The van der Waals surface area contributed by atoms with E-state index in [1.165, 1.54) is 0 Å². The molecular formula is C9H17N3O2. The Balaban J connectivity index is 2.34. The minimum atomic E-state index is -0.373. The van der Waals surface area contributed by atoms with E-state index in [1.54, 1.807) is 0 Å². The molecule has 80 valence electrons. The molecule has 1 atom stereocenters. The molecule has 3 N–H and O–H groups in total. The number of piperidine rings is 1. The molecule has 1 rings (SSSR count). The first-order chi connectivity index (χ1) is 6.59. The van der Waals surface area contributed by atoms with Crippen LogP contribution >= 0.6 is 0 Å². The van der Waals surface area contributed by atoms with Gasteiger partial charge in [0.1, 0.15) is 6.04 Å². The summed E-state index contributed by atoms with van der Waals surface area (Å²) in [4.78, 5) is 22.5. The maximum Gasteiger partial charge on any atom is 0.315 e. The average molecular weight is 199 g/mol. The van der Waals surface area contributed by atoms with Crippen LogP contribution in [0.2, 0.25) is 0 Å². The van der Waals surface area contributed by atoms with Crippen LogP contribution in [0.1, 0.15) is 26.7 Å². The Morgan fingerprint density at radius 3 is 2.86 bits per heavy atom. The number of carbonyl (C=O) groups excluding carboxylic acids is 2. The Labute approximate surface area is 83.6 Å². The maximum absolute atomic E-state index is 11.3. The zero-order valence-corrected chi connectivity index (χ0v) is 8.59. The van der Waals surface area contributed by atoms with E-state index in [-0.39, 0.29) is 24.0 Å². The topological polar surface area (TPSA) is 70.2 Å². The van der Waals surface area contributed by atoms with Crippen molar-refractivity contribution in [2.75, 3.05) is 6.54 Å². The number of amides is 3. The molecule has 5 heteroatoms. The molecular weight excluding hydrogens is 182 g/mol. The first-order valence-electron chi connectivity index (χ1n) is 4.94. The van der Waals surface area contributed by atoms with Crippen molar-refractivity contribution in [1.29, 1.82) is 0 Å². The molecule has 0 radical (unpaired) electrons. The van der Waals surface area contributed by atoms with E-state index < -0.39 is 0 Å². The number of urea groups is 1. The summed E-state index contributed by atoms with van der Waals surface area (Å²) in [5, 5.41) is 8.03. The molecule has 1 heterocycles. The van der Waals surface area contributed by atoms with Crippen molar-refractivity contribution in [1.82, 2.24) is 16.0 Å². The molecule has 14 heavy (non-hydrogen) atoms. The minimum absolute atomic E-state index is 0.0849. The standard InChI is InChI=1S/C9H17N3O2/c1-6(2)11-9(14)12-7-4-3-5-10-8(7)13/h6-7H,3-5H2,1-2H3,(H,10,13)(H2,11,12,14). The van der Waals surface area contributed by atoms with Gasteiger partial charge in [0.2, 0.25) is 5.91 Å². The summed E-state index contributed by atoms with van der Waals surface area (Å²) >= 11 is 0. The monoisotopic (exact) mass is 199 g/mol. The first-order valence-corrected chi connectivity index (χ1v) is 4.94. The lowest BCUT2D eigenvalue weighted by atomic mass is 10.1. The average Bonchev–Trinajstić information content (AvgIpc) is 2.07. The highest BCUT2D eigenvalue weighted by molar-refractivity contribution is 5.87. The molecule has 0 aromatic heterocycles. The van der Waals surface area contributed by atoms with Gasteiger partial charge in [-0.15, -0.1) is 0 Å². The van der Waals surface area contributed by atoms with Crippen LogP contribution < -0.4 is 16.0 Å². The smallest absolute Gasteiger partial charge is 0.315 e. The summed E-state index contributed by atoms with van der Waals surface area (Å²) in [6, 6.07) is -0.564. The Morgan fingerprint density at radius 1 is 1.57 bits per heavy atom. The van der Waals surface area contributed by atoms with E-state index in [4.69, 9.17) is 0 Å². The van der Waals surface area contributed by atoms with Crippen LogP contribution in [0, 0.1) is 0 Å². The van der Waals surface area contributed by atoms with E-state index in [0.717, 1.165) is 12.8 Å². The van der Waals surface area contributed by atoms with Crippen LogP contribution in [-0.4, -0.2) is 30.6 Å². The van der Waals surface area contributed by atoms with Gasteiger partial charge in [-0.1, -0.05) is 0 Å². The molecule has 0 aromatic carbocycles. The molecule has 1 aliphatic heterocycles. The van der Waals surface area contributed by atoms with Crippen LogP contribution in [0.25, 0.3) is 0 Å². The number of hydrogen-bond acceptors (Lipinski definition) is 2. The molecule has 1 aliphatic rings. The lowest BCUT2D eigenvalue weighted by Crippen LogP contribution is -2.53. The highest BCUT2D eigenvalue weighted by atomic mass is 16.2.